The molecule has 4 rings (SSSR count). The van der Waals surface area contributed by atoms with Crippen molar-refractivity contribution in [2.45, 2.75) is 123 Å². The first-order valence-electron chi connectivity index (χ1n) is 14.1. The first kappa shape index (κ1) is 37.0. The number of aliphatic hydroxyl groups is 14. The van der Waals surface area contributed by atoms with Crippen LogP contribution in [0.2, 0.25) is 0 Å². The number of hydrogen-bond acceptors (Lipinski definition) is 21. The van der Waals surface area contributed by atoms with Gasteiger partial charge < -0.3 is 105 Å². The molecular weight excluding hydrogens is 624 g/mol. The van der Waals surface area contributed by atoms with E-state index in [-0.39, 0.29) is 0 Å². The lowest BCUT2D eigenvalue weighted by atomic mass is 9.95. The van der Waals surface area contributed by atoms with E-state index >= 15 is 0 Å². The highest BCUT2D eigenvalue weighted by Crippen LogP contribution is 2.34. The molecule has 264 valence electrons. The molecular formula is C24H42O21. The molecule has 45 heavy (non-hydrogen) atoms. The van der Waals surface area contributed by atoms with Crippen molar-refractivity contribution in [1.82, 2.24) is 0 Å². The van der Waals surface area contributed by atoms with E-state index in [2.05, 4.69) is 0 Å². The molecule has 21 nitrogen and oxygen atoms in total. The maximum absolute atomic E-state index is 11.1. The van der Waals surface area contributed by atoms with Crippen molar-refractivity contribution >= 4 is 0 Å². The van der Waals surface area contributed by atoms with E-state index in [9.17, 15) is 71.5 Å². The minimum absolute atomic E-state index is 0.802. The molecule has 4 aliphatic heterocycles. The third-order valence-electron chi connectivity index (χ3n) is 8.21. The lowest BCUT2D eigenvalue weighted by Crippen LogP contribution is -2.67. The molecule has 0 aromatic heterocycles. The fourth-order valence-electron chi connectivity index (χ4n) is 5.53. The molecule has 14 N–H and O–H groups in total. The van der Waals surface area contributed by atoms with Crippen LogP contribution in [0.3, 0.4) is 0 Å². The molecule has 4 fully saturated rings. The minimum atomic E-state index is -2.05. The van der Waals surface area contributed by atoms with Gasteiger partial charge in [0.2, 0.25) is 0 Å². The lowest BCUT2D eigenvalue weighted by molar-refractivity contribution is -0.389. The van der Waals surface area contributed by atoms with Gasteiger partial charge >= 0.3 is 0 Å². The molecule has 21 heteroatoms. The second-order valence-electron chi connectivity index (χ2n) is 11.1. The lowest BCUT2D eigenvalue weighted by Gasteiger charge is -2.49. The summed E-state index contributed by atoms with van der Waals surface area (Å²) in [6.45, 7) is -3.42. The van der Waals surface area contributed by atoms with Gasteiger partial charge in [-0.2, -0.15) is 0 Å². The summed E-state index contributed by atoms with van der Waals surface area (Å²) in [7, 11) is 0. The van der Waals surface area contributed by atoms with E-state index in [0.717, 1.165) is 0 Å². The van der Waals surface area contributed by atoms with Crippen LogP contribution < -0.4 is 0 Å². The molecule has 0 aromatic carbocycles. The number of ether oxygens (including phenoxy) is 7. The van der Waals surface area contributed by atoms with Gasteiger partial charge in [-0.1, -0.05) is 0 Å². The second kappa shape index (κ2) is 15.6. The Kier molecular flexibility index (Phi) is 12.8. The fourth-order valence-corrected chi connectivity index (χ4v) is 5.53. The Morgan fingerprint density at radius 3 is 1.02 bits per heavy atom. The van der Waals surface area contributed by atoms with E-state index in [1.165, 1.54) is 0 Å². The van der Waals surface area contributed by atoms with Crippen molar-refractivity contribution in [3.05, 3.63) is 0 Å². The number of aliphatic hydroxyl groups excluding tert-OH is 14. The summed E-state index contributed by atoms with van der Waals surface area (Å²) in [6.07, 6.45) is -36.1. The third-order valence-corrected chi connectivity index (χ3v) is 8.21. The van der Waals surface area contributed by atoms with E-state index in [1.807, 2.05) is 0 Å². The zero-order valence-electron chi connectivity index (χ0n) is 23.5. The molecule has 0 radical (unpaired) electrons. The van der Waals surface area contributed by atoms with Gasteiger partial charge in [0.1, 0.15) is 97.7 Å². The van der Waals surface area contributed by atoms with Crippen molar-refractivity contribution in [1.29, 1.82) is 0 Å². The summed E-state index contributed by atoms with van der Waals surface area (Å²) >= 11 is 0. The zero-order chi connectivity index (χ0) is 33.3. The summed E-state index contributed by atoms with van der Waals surface area (Å²) in [4.78, 5) is 0. The van der Waals surface area contributed by atoms with Crippen molar-refractivity contribution in [3.63, 3.8) is 0 Å². The highest BCUT2D eigenvalue weighted by atomic mass is 16.8. The van der Waals surface area contributed by atoms with Crippen molar-refractivity contribution in [2.75, 3.05) is 26.4 Å². The standard InChI is InChI=1S/C24H42O21/c25-1-5-9(29)13(33)14(34)22(40-5)44-19-11(31)7(3-27)42-24(16(19)36)45-20-12(32)8(4-28)41-23(17(20)37)43-18-10(30)6(2-26)39-21(38)15(18)35/h5-38H,1-4H2/t5-,6-,7-,8-,9-,10-,11-,12-,13+,14+,15-,16+,17+,18+,19+,20+,21?,22-,23-,24-/m1/s1. The third kappa shape index (κ3) is 7.44. The highest BCUT2D eigenvalue weighted by Gasteiger charge is 2.55. The van der Waals surface area contributed by atoms with Gasteiger partial charge in [-0.15, -0.1) is 0 Å². The molecule has 20 atom stereocenters. The van der Waals surface area contributed by atoms with Crippen LogP contribution in [0.15, 0.2) is 0 Å². The van der Waals surface area contributed by atoms with Gasteiger partial charge in [0.25, 0.3) is 0 Å². The summed E-state index contributed by atoms with van der Waals surface area (Å²) < 4.78 is 37.5. The molecule has 0 amide bonds. The predicted octanol–water partition coefficient (Wildman–Crippen LogP) is -9.75. The molecule has 1 unspecified atom stereocenters. The van der Waals surface area contributed by atoms with Gasteiger partial charge in [-0.25, -0.2) is 0 Å². The fraction of sp³-hybridized carbons (Fsp3) is 1.00. The molecule has 0 bridgehead atoms. The summed E-state index contributed by atoms with van der Waals surface area (Å²) in [6, 6.07) is 0. The largest absolute Gasteiger partial charge is 0.394 e. The first-order valence-corrected chi connectivity index (χ1v) is 14.1. The molecule has 0 spiro atoms. The van der Waals surface area contributed by atoms with Crippen molar-refractivity contribution in [3.8, 4) is 0 Å². The molecule has 0 saturated carbocycles. The van der Waals surface area contributed by atoms with E-state index in [0.29, 0.717) is 0 Å². The highest BCUT2D eigenvalue weighted by molar-refractivity contribution is 4.97. The van der Waals surface area contributed by atoms with Crippen LogP contribution in [0.5, 0.6) is 0 Å². The minimum Gasteiger partial charge on any atom is -0.394 e. The predicted molar refractivity (Wildman–Crippen MR) is 134 cm³/mol. The molecule has 4 heterocycles. The molecule has 0 aliphatic carbocycles. The summed E-state index contributed by atoms with van der Waals surface area (Å²) in [5, 5.41) is 143. The van der Waals surface area contributed by atoms with Crippen LogP contribution >= 0.6 is 0 Å². The zero-order valence-corrected chi connectivity index (χ0v) is 23.5. The van der Waals surface area contributed by atoms with Crippen LogP contribution in [-0.2, 0) is 33.2 Å². The molecule has 4 aliphatic rings. The van der Waals surface area contributed by atoms with Crippen LogP contribution in [0.25, 0.3) is 0 Å². The van der Waals surface area contributed by atoms with Gasteiger partial charge in [0, 0.05) is 0 Å². The maximum atomic E-state index is 11.1. The van der Waals surface area contributed by atoms with E-state index < -0.39 is 149 Å². The number of rotatable bonds is 10. The SMILES string of the molecule is OC[C@H]1O[C@H](O[C@@H]2[C@H](O)[C@@H](O[C@@H]3[C@H](O)[C@@H](O[C@H]4[C@H](O)[C@@H](CO)OC(O)[C@@H]4O)O[C@H](CO)[C@H]3O)O[C@H](CO)[C@H]2O)[C@@H](O)[C@@H](O)[C@@H]1O. The van der Waals surface area contributed by atoms with Crippen LogP contribution in [0, 0.1) is 0 Å². The Balaban J connectivity index is 1.53. The van der Waals surface area contributed by atoms with Crippen LogP contribution in [-0.4, -0.2) is 221 Å². The van der Waals surface area contributed by atoms with Gasteiger partial charge in [0.15, 0.2) is 25.2 Å². The summed E-state index contributed by atoms with van der Waals surface area (Å²) in [5.41, 5.74) is 0. The van der Waals surface area contributed by atoms with E-state index in [4.69, 9.17) is 33.2 Å². The van der Waals surface area contributed by atoms with E-state index in [1.54, 1.807) is 0 Å². The maximum Gasteiger partial charge on any atom is 0.187 e. The second-order valence-corrected chi connectivity index (χ2v) is 11.1. The smallest absolute Gasteiger partial charge is 0.187 e. The topological polar surface area (TPSA) is 348 Å². The average molecular weight is 667 g/mol. The Morgan fingerprint density at radius 1 is 0.333 bits per heavy atom. The quantitative estimate of drug-likeness (QED) is 0.103. The Bertz CT molecular complexity index is 916. The van der Waals surface area contributed by atoms with Crippen LogP contribution in [0.1, 0.15) is 0 Å². The van der Waals surface area contributed by atoms with Crippen LogP contribution in [0.4, 0.5) is 0 Å². The summed E-state index contributed by atoms with van der Waals surface area (Å²) in [5.74, 6) is 0. The monoisotopic (exact) mass is 666 g/mol. The van der Waals surface area contributed by atoms with Crippen molar-refractivity contribution < 1.29 is 105 Å². The van der Waals surface area contributed by atoms with Gasteiger partial charge in [-0.3, -0.25) is 0 Å². The first-order chi connectivity index (χ1) is 21.3. The Hall–Kier alpha value is -0.840. The van der Waals surface area contributed by atoms with Crippen molar-refractivity contribution in [2.24, 2.45) is 0 Å². The Morgan fingerprint density at radius 2 is 0.644 bits per heavy atom. The number of hydrogen-bond donors (Lipinski definition) is 14. The van der Waals surface area contributed by atoms with Gasteiger partial charge in [-0.05, 0) is 0 Å². The average Bonchev–Trinajstić information content (AvgIpc) is 3.02. The Labute approximate surface area is 254 Å². The molecule has 4 saturated heterocycles. The molecule has 0 aromatic rings. The van der Waals surface area contributed by atoms with Gasteiger partial charge in [0.05, 0.1) is 26.4 Å². The normalized spacial score (nSPS) is 52.9.